The van der Waals surface area contributed by atoms with Crippen LogP contribution in [0.1, 0.15) is 209 Å². The molecule has 0 bridgehead atoms. The summed E-state index contributed by atoms with van der Waals surface area (Å²) in [4.78, 5) is 196. The molecule has 1 aliphatic heterocycles. The molecule has 28 nitrogen and oxygen atoms in total. The summed E-state index contributed by atoms with van der Waals surface area (Å²) < 4.78 is 4.74. The molecule has 102 heavy (non-hydrogen) atoms. The summed E-state index contributed by atoms with van der Waals surface area (Å²) in [7, 11) is 11.1. The summed E-state index contributed by atoms with van der Waals surface area (Å²) in [5.74, 6) is -11.0. The zero-order valence-electron chi connectivity index (χ0n) is 65.7. The van der Waals surface area contributed by atoms with Crippen LogP contribution in [0.3, 0.4) is 0 Å². The summed E-state index contributed by atoms with van der Waals surface area (Å²) in [6, 6.07) is -5.00. The predicted molar refractivity (Wildman–Crippen MR) is 389 cm³/mol. The largest absolute Gasteiger partial charge is 0.465 e. The topological polar surface area (TPSA) is 346 Å². The standard InChI is InChI=1S/C74H127N13O15/c1-25-54-67(94)81(17)42-59(88)82(18)55(37-43(2)3)65(92)79-60(47(10)11)70(97)83(19)56(38-44(4)5)64(91)76-50(15)62(89)77-51(16)66(93)84(20)57(39-45(6)7)68(95)85(21)58(40-46(8)9)69(96)86(22)61(48(12)13)71(98)87(23)74(80-101,73(100)78-54)41-49(14)31-29-27-26-28-30-36-75-63(90)52-32-34-53(35-33-52)72(99)102-24/h32-35,43-51,54-58,60-61,80,101H,25-31,36-42H2,1-24H3,(H,75,90)(H,76,91)(H,77,89)(H,78,100)(H,79,92)/t49-,50-,51+,54-,55+,56-,57+,58-,60-,61-,74+/m1/s1. The molecule has 2 rings (SSSR count). The molecule has 1 fully saturated rings. The fourth-order valence-corrected chi connectivity index (χ4v) is 12.9. The quantitative estimate of drug-likeness (QED) is 0.0397. The van der Waals surface area contributed by atoms with E-state index in [4.69, 9.17) is 4.74 Å². The zero-order valence-corrected chi connectivity index (χ0v) is 65.7. The first kappa shape index (κ1) is 90.3. The number of amides is 12. The lowest BCUT2D eigenvalue weighted by Gasteiger charge is -2.45. The molecule has 11 atom stereocenters. The molecule has 0 unspecified atom stereocenters. The normalized spacial score (nSPS) is 24.6. The van der Waals surface area contributed by atoms with E-state index in [1.165, 1.54) is 107 Å². The van der Waals surface area contributed by atoms with Crippen LogP contribution in [0, 0.1) is 41.4 Å². The minimum Gasteiger partial charge on any atom is -0.465 e. The number of esters is 1. The van der Waals surface area contributed by atoms with Gasteiger partial charge >= 0.3 is 5.97 Å². The highest BCUT2D eigenvalue weighted by Gasteiger charge is 2.51. The molecule has 1 aliphatic rings. The SMILES string of the molecule is CC[C@H]1NC(=O)[C@@](C[C@H](C)CCCCCCCNC(=O)c2ccc(C(=O)OC)cc2)(NO)N(C)C(=O)[C@@H](C(C)C)N(C)C(=O)[C@@H](CC(C)C)N(C)C(=O)[C@H](CC(C)C)N(C)C(=O)[C@H](C)NC(=O)[C@@H](C)NC(=O)[C@@H](CC(C)C)N(C)C(=O)[C@@H](C(C)C)NC(=O)[C@H](CC(C)C)N(C)C(=O)CN(C)C1=O. The Balaban J connectivity index is 2.88. The Hall–Kier alpha value is -7.75. The first-order chi connectivity index (χ1) is 47.5. The Morgan fingerprint density at radius 1 is 0.529 bits per heavy atom. The molecule has 1 aromatic carbocycles. The molecule has 0 spiro atoms. The predicted octanol–water partition coefficient (Wildman–Crippen LogP) is 5.20. The molecule has 0 saturated carbocycles. The third kappa shape index (κ3) is 25.6. The van der Waals surface area contributed by atoms with Gasteiger partial charge in [0, 0.05) is 61.4 Å². The van der Waals surface area contributed by atoms with Gasteiger partial charge in [-0.2, -0.15) is 5.48 Å². The van der Waals surface area contributed by atoms with Crippen LogP contribution in [0.2, 0.25) is 0 Å². The molecule has 1 aromatic rings. The van der Waals surface area contributed by atoms with Gasteiger partial charge < -0.3 is 70.8 Å². The number of carbonyl (C=O) groups is 13. The smallest absolute Gasteiger partial charge is 0.337 e. The van der Waals surface area contributed by atoms with Crippen LogP contribution in [0.4, 0.5) is 0 Å². The number of benzene rings is 1. The van der Waals surface area contributed by atoms with Gasteiger partial charge in [0.1, 0.15) is 54.4 Å². The van der Waals surface area contributed by atoms with Crippen molar-refractivity contribution in [1.29, 1.82) is 0 Å². The van der Waals surface area contributed by atoms with Gasteiger partial charge in [0.05, 0.1) is 19.2 Å². The number of ether oxygens (including phenoxy) is 1. The Morgan fingerprint density at radius 3 is 1.47 bits per heavy atom. The second-order valence-corrected chi connectivity index (χ2v) is 30.5. The fourth-order valence-electron chi connectivity index (χ4n) is 12.9. The lowest BCUT2D eigenvalue weighted by atomic mass is 9.88. The molecule has 1 saturated heterocycles. The lowest BCUT2D eigenvalue weighted by molar-refractivity contribution is -0.166. The third-order valence-electron chi connectivity index (χ3n) is 19.2. The van der Waals surface area contributed by atoms with Crippen LogP contribution in [-0.2, 0) is 57.5 Å². The van der Waals surface area contributed by atoms with Crippen LogP contribution in [0.15, 0.2) is 24.3 Å². The van der Waals surface area contributed by atoms with Gasteiger partial charge in [-0.15, -0.1) is 0 Å². The summed E-state index contributed by atoms with van der Waals surface area (Å²) in [6.45, 7) is 27.9. The van der Waals surface area contributed by atoms with E-state index in [1.807, 2.05) is 62.3 Å². The van der Waals surface area contributed by atoms with Crippen LogP contribution in [-0.4, -0.2) is 246 Å². The van der Waals surface area contributed by atoms with E-state index < -0.39 is 155 Å². The fraction of sp³-hybridized carbons (Fsp3) is 0.743. The highest BCUT2D eigenvalue weighted by atomic mass is 16.5. The van der Waals surface area contributed by atoms with Crippen molar-refractivity contribution in [3.05, 3.63) is 35.4 Å². The van der Waals surface area contributed by atoms with E-state index in [0.29, 0.717) is 36.9 Å². The molecule has 28 heteroatoms. The number of likely N-dealkylation sites (N-methyl/N-ethyl adjacent to an activating group) is 7. The molecule has 578 valence electrons. The van der Waals surface area contributed by atoms with Crippen molar-refractivity contribution in [2.45, 2.75) is 248 Å². The summed E-state index contributed by atoms with van der Waals surface area (Å²) in [5.41, 5.74) is 0.585. The highest BCUT2D eigenvalue weighted by molar-refractivity contribution is 6.01. The zero-order chi connectivity index (χ0) is 78.1. The maximum absolute atomic E-state index is 15.6. The van der Waals surface area contributed by atoms with E-state index in [0.717, 1.165) is 29.1 Å². The Bertz CT molecular complexity index is 3000. The van der Waals surface area contributed by atoms with E-state index >= 15 is 19.2 Å². The van der Waals surface area contributed by atoms with Crippen molar-refractivity contribution >= 4 is 76.9 Å². The second kappa shape index (κ2) is 42.1. The maximum Gasteiger partial charge on any atom is 0.337 e. The number of unbranched alkanes of at least 4 members (excludes halogenated alkanes) is 4. The van der Waals surface area contributed by atoms with Gasteiger partial charge in [0.2, 0.25) is 59.1 Å². The highest BCUT2D eigenvalue weighted by Crippen LogP contribution is 2.30. The molecule has 0 radical (unpaired) electrons. The van der Waals surface area contributed by atoms with Gasteiger partial charge in [0.25, 0.3) is 11.8 Å². The minimum atomic E-state index is -2.33. The summed E-state index contributed by atoms with van der Waals surface area (Å²) in [6.07, 6.45) is 4.39. The van der Waals surface area contributed by atoms with Gasteiger partial charge in [-0.25, -0.2) is 4.79 Å². The van der Waals surface area contributed by atoms with Gasteiger partial charge in [-0.05, 0) is 124 Å². The van der Waals surface area contributed by atoms with Crippen molar-refractivity contribution in [2.75, 3.05) is 69.5 Å². The van der Waals surface area contributed by atoms with Crippen molar-refractivity contribution in [2.24, 2.45) is 41.4 Å². The number of hydroxylamine groups is 1. The van der Waals surface area contributed by atoms with Gasteiger partial charge in [-0.3, -0.25) is 57.5 Å². The average Bonchev–Trinajstić information content (AvgIpc) is 0.776. The first-order valence-electron chi connectivity index (χ1n) is 36.4. The lowest BCUT2D eigenvalue weighted by Crippen LogP contribution is -2.71. The van der Waals surface area contributed by atoms with Crippen molar-refractivity contribution < 1.29 is 72.3 Å². The number of nitrogens with one attached hydrogen (secondary N) is 6. The Morgan fingerprint density at radius 2 is 0.980 bits per heavy atom. The van der Waals surface area contributed by atoms with Crippen LogP contribution in [0.5, 0.6) is 0 Å². The molecule has 0 aliphatic carbocycles. The summed E-state index contributed by atoms with van der Waals surface area (Å²) >= 11 is 0. The Labute approximate surface area is 607 Å². The van der Waals surface area contributed by atoms with E-state index in [-0.39, 0.29) is 68.1 Å². The van der Waals surface area contributed by atoms with Crippen LogP contribution in [0.25, 0.3) is 0 Å². The molecule has 7 N–H and O–H groups in total. The van der Waals surface area contributed by atoms with E-state index in [2.05, 4.69) is 32.1 Å². The monoisotopic (exact) mass is 1440 g/mol. The third-order valence-corrected chi connectivity index (χ3v) is 19.2. The summed E-state index contributed by atoms with van der Waals surface area (Å²) in [5, 5.41) is 25.5. The van der Waals surface area contributed by atoms with Crippen LogP contribution >= 0.6 is 0 Å². The van der Waals surface area contributed by atoms with Gasteiger partial charge in [-0.1, -0.05) is 129 Å². The number of methoxy groups -OCH3 is 1. The molecule has 12 amide bonds. The molecular formula is C74H127N13O15. The number of hydrogen-bond acceptors (Lipinski definition) is 16. The number of hydrogen-bond donors (Lipinski definition) is 7. The molecular weight excluding hydrogens is 1310 g/mol. The minimum absolute atomic E-state index is 0.0387. The number of nitrogens with zero attached hydrogens (tertiary/aromatic N) is 7. The number of rotatable bonds is 24. The Kier molecular flexibility index (Phi) is 37.3. The molecule has 1 heterocycles. The van der Waals surface area contributed by atoms with Crippen molar-refractivity contribution in [1.82, 2.24) is 66.4 Å². The molecule has 0 aromatic heterocycles. The first-order valence-corrected chi connectivity index (χ1v) is 36.4. The van der Waals surface area contributed by atoms with Gasteiger partial charge in [0.15, 0.2) is 5.66 Å². The maximum atomic E-state index is 15.6. The van der Waals surface area contributed by atoms with Crippen molar-refractivity contribution in [3.8, 4) is 0 Å². The van der Waals surface area contributed by atoms with Crippen molar-refractivity contribution in [3.63, 3.8) is 0 Å². The van der Waals surface area contributed by atoms with E-state index in [1.54, 1.807) is 46.8 Å². The average molecular weight is 1440 g/mol. The second-order valence-electron chi connectivity index (χ2n) is 30.5. The number of carbonyl (C=O) groups excluding carboxylic acids is 13. The van der Waals surface area contributed by atoms with E-state index in [9.17, 15) is 48.4 Å². The van der Waals surface area contributed by atoms with Crippen LogP contribution < -0.4 is 32.1 Å².